The minimum absolute atomic E-state index is 0.0989. The Kier molecular flexibility index (Phi) is 4.98. The van der Waals surface area contributed by atoms with Gasteiger partial charge in [-0.05, 0) is 13.6 Å². The normalized spacial score (nSPS) is 10.8. The molecule has 1 aromatic heterocycles. The third kappa shape index (κ3) is 4.02. The third-order valence-electron chi connectivity index (χ3n) is 2.47. The number of aryl methyl sites for hydroxylation is 1. The molecule has 5 nitrogen and oxygen atoms in total. The molecule has 90 valence electrons. The van der Waals surface area contributed by atoms with Crippen molar-refractivity contribution in [3.63, 3.8) is 0 Å². The second-order valence-corrected chi connectivity index (χ2v) is 3.75. The summed E-state index contributed by atoms with van der Waals surface area (Å²) in [4.78, 5) is 20.5. The van der Waals surface area contributed by atoms with Gasteiger partial charge in [-0.1, -0.05) is 13.8 Å². The van der Waals surface area contributed by atoms with Gasteiger partial charge in [0.1, 0.15) is 11.6 Å². The van der Waals surface area contributed by atoms with Gasteiger partial charge in [0.25, 0.3) is 5.56 Å². The van der Waals surface area contributed by atoms with E-state index in [0.29, 0.717) is 5.82 Å². The number of aromatic amines is 1. The molecule has 1 aromatic rings. The van der Waals surface area contributed by atoms with Crippen molar-refractivity contribution in [1.82, 2.24) is 14.9 Å². The number of nitrogens with one attached hydrogen (secondary N) is 2. The average molecular weight is 224 g/mol. The molecule has 1 heterocycles. The number of anilines is 1. The van der Waals surface area contributed by atoms with E-state index in [4.69, 9.17) is 0 Å². The van der Waals surface area contributed by atoms with Gasteiger partial charge >= 0.3 is 0 Å². The standard InChI is InChI=1S/C11H20N4O/c1-4-9-13-10(8-11(16)14-9)12-6-7-15(3)5-2/h8H,4-7H2,1-3H3,(H2,12,13,14,16). The van der Waals surface area contributed by atoms with Gasteiger partial charge in [0, 0.05) is 25.6 Å². The van der Waals surface area contributed by atoms with E-state index < -0.39 is 0 Å². The SMILES string of the molecule is CCc1nc(NCCN(C)CC)cc(=O)[nH]1. The Morgan fingerprint density at radius 1 is 1.50 bits per heavy atom. The average Bonchev–Trinajstić information content (AvgIpc) is 2.28. The second-order valence-electron chi connectivity index (χ2n) is 3.75. The van der Waals surface area contributed by atoms with E-state index in [0.717, 1.165) is 31.9 Å². The Balaban J connectivity index is 2.53. The van der Waals surface area contributed by atoms with Crippen LogP contribution in [-0.2, 0) is 6.42 Å². The molecular formula is C11H20N4O. The maximum atomic E-state index is 11.3. The Bertz CT molecular complexity index is 374. The summed E-state index contributed by atoms with van der Waals surface area (Å²) in [6, 6.07) is 1.49. The number of nitrogens with zero attached hydrogens (tertiary/aromatic N) is 2. The van der Waals surface area contributed by atoms with Crippen LogP contribution in [0.4, 0.5) is 5.82 Å². The Morgan fingerprint density at radius 2 is 2.25 bits per heavy atom. The fraction of sp³-hybridized carbons (Fsp3) is 0.636. The Morgan fingerprint density at radius 3 is 2.88 bits per heavy atom. The van der Waals surface area contributed by atoms with Crippen LogP contribution in [0.15, 0.2) is 10.9 Å². The topological polar surface area (TPSA) is 61.0 Å². The Hall–Kier alpha value is -1.36. The maximum absolute atomic E-state index is 11.3. The first-order chi connectivity index (χ1) is 7.65. The zero-order chi connectivity index (χ0) is 12.0. The van der Waals surface area contributed by atoms with Crippen molar-refractivity contribution in [2.75, 3.05) is 32.0 Å². The molecule has 16 heavy (non-hydrogen) atoms. The highest BCUT2D eigenvalue weighted by atomic mass is 16.1. The summed E-state index contributed by atoms with van der Waals surface area (Å²) in [5, 5.41) is 3.15. The highest BCUT2D eigenvalue weighted by molar-refractivity contribution is 5.32. The van der Waals surface area contributed by atoms with Gasteiger partial charge in [0.2, 0.25) is 0 Å². The molecule has 2 N–H and O–H groups in total. The van der Waals surface area contributed by atoms with Crippen LogP contribution < -0.4 is 10.9 Å². The highest BCUT2D eigenvalue weighted by Crippen LogP contribution is 1.98. The minimum atomic E-state index is -0.0989. The molecule has 0 bridgehead atoms. The summed E-state index contributed by atoms with van der Waals surface area (Å²) >= 11 is 0. The van der Waals surface area contributed by atoms with E-state index in [1.54, 1.807) is 0 Å². The monoisotopic (exact) mass is 224 g/mol. The fourth-order valence-electron chi connectivity index (χ4n) is 1.30. The van der Waals surface area contributed by atoms with Crippen molar-refractivity contribution in [3.05, 3.63) is 22.2 Å². The van der Waals surface area contributed by atoms with Gasteiger partial charge in [-0.3, -0.25) is 4.79 Å². The number of likely N-dealkylation sites (N-methyl/N-ethyl adjacent to an activating group) is 1. The van der Waals surface area contributed by atoms with E-state index in [2.05, 4.69) is 34.2 Å². The molecule has 0 aliphatic rings. The van der Waals surface area contributed by atoms with Crippen LogP contribution in [0.5, 0.6) is 0 Å². The molecular weight excluding hydrogens is 204 g/mol. The number of hydrogen-bond acceptors (Lipinski definition) is 4. The summed E-state index contributed by atoms with van der Waals surface area (Å²) in [6.45, 7) is 6.83. The van der Waals surface area contributed by atoms with Crippen molar-refractivity contribution < 1.29 is 0 Å². The van der Waals surface area contributed by atoms with Gasteiger partial charge in [0.15, 0.2) is 0 Å². The first-order valence-corrected chi connectivity index (χ1v) is 5.68. The molecule has 0 spiro atoms. The third-order valence-corrected chi connectivity index (χ3v) is 2.47. The smallest absolute Gasteiger partial charge is 0.252 e. The molecule has 0 unspecified atom stereocenters. The number of rotatable bonds is 6. The van der Waals surface area contributed by atoms with Gasteiger partial charge < -0.3 is 15.2 Å². The maximum Gasteiger partial charge on any atom is 0.252 e. The van der Waals surface area contributed by atoms with Crippen LogP contribution in [0.25, 0.3) is 0 Å². The molecule has 0 saturated carbocycles. The summed E-state index contributed by atoms with van der Waals surface area (Å²) in [5.41, 5.74) is -0.0989. The molecule has 0 atom stereocenters. The van der Waals surface area contributed by atoms with Crippen LogP contribution in [-0.4, -0.2) is 41.5 Å². The van der Waals surface area contributed by atoms with Crippen molar-refractivity contribution in [3.8, 4) is 0 Å². The van der Waals surface area contributed by atoms with E-state index in [9.17, 15) is 4.79 Å². The molecule has 0 radical (unpaired) electrons. The van der Waals surface area contributed by atoms with Gasteiger partial charge in [-0.15, -0.1) is 0 Å². The van der Waals surface area contributed by atoms with E-state index in [-0.39, 0.29) is 5.56 Å². The second kappa shape index (κ2) is 6.27. The molecule has 0 aliphatic carbocycles. The van der Waals surface area contributed by atoms with Crippen LogP contribution in [0.2, 0.25) is 0 Å². The Labute approximate surface area is 95.9 Å². The molecule has 0 aromatic carbocycles. The molecule has 0 amide bonds. The minimum Gasteiger partial charge on any atom is -0.369 e. The summed E-state index contributed by atoms with van der Waals surface area (Å²) < 4.78 is 0. The van der Waals surface area contributed by atoms with Gasteiger partial charge in [0.05, 0.1) is 0 Å². The van der Waals surface area contributed by atoms with Crippen molar-refractivity contribution in [1.29, 1.82) is 0 Å². The predicted octanol–water partition coefficient (Wildman–Crippen LogP) is 0.696. The first-order valence-electron chi connectivity index (χ1n) is 5.68. The lowest BCUT2D eigenvalue weighted by Gasteiger charge is -2.14. The lowest BCUT2D eigenvalue weighted by atomic mass is 10.4. The number of H-pyrrole nitrogens is 1. The van der Waals surface area contributed by atoms with Crippen LogP contribution >= 0.6 is 0 Å². The van der Waals surface area contributed by atoms with E-state index in [1.165, 1.54) is 6.07 Å². The zero-order valence-corrected chi connectivity index (χ0v) is 10.2. The van der Waals surface area contributed by atoms with Crippen LogP contribution in [0, 0.1) is 0 Å². The van der Waals surface area contributed by atoms with Crippen molar-refractivity contribution in [2.45, 2.75) is 20.3 Å². The summed E-state index contributed by atoms with van der Waals surface area (Å²) in [7, 11) is 2.06. The molecule has 1 rings (SSSR count). The van der Waals surface area contributed by atoms with E-state index >= 15 is 0 Å². The van der Waals surface area contributed by atoms with Crippen LogP contribution in [0.1, 0.15) is 19.7 Å². The lowest BCUT2D eigenvalue weighted by molar-refractivity contribution is 0.367. The highest BCUT2D eigenvalue weighted by Gasteiger charge is 1.99. The van der Waals surface area contributed by atoms with Crippen molar-refractivity contribution >= 4 is 5.82 Å². The largest absolute Gasteiger partial charge is 0.369 e. The molecule has 0 aliphatic heterocycles. The number of hydrogen-bond donors (Lipinski definition) is 2. The molecule has 5 heteroatoms. The first kappa shape index (κ1) is 12.7. The fourth-order valence-corrected chi connectivity index (χ4v) is 1.30. The van der Waals surface area contributed by atoms with Gasteiger partial charge in [-0.25, -0.2) is 4.98 Å². The van der Waals surface area contributed by atoms with Crippen LogP contribution in [0.3, 0.4) is 0 Å². The lowest BCUT2D eigenvalue weighted by Crippen LogP contribution is -2.25. The predicted molar refractivity (Wildman–Crippen MR) is 65.9 cm³/mol. The zero-order valence-electron chi connectivity index (χ0n) is 10.2. The summed E-state index contributed by atoms with van der Waals surface area (Å²) in [6.07, 6.45) is 0.736. The quantitative estimate of drug-likeness (QED) is 0.746. The molecule has 0 fully saturated rings. The number of aromatic nitrogens is 2. The molecule has 0 saturated heterocycles. The summed E-state index contributed by atoms with van der Waals surface area (Å²) in [5.74, 6) is 1.38. The van der Waals surface area contributed by atoms with Gasteiger partial charge in [-0.2, -0.15) is 0 Å². The van der Waals surface area contributed by atoms with Crippen molar-refractivity contribution in [2.24, 2.45) is 0 Å². The van der Waals surface area contributed by atoms with E-state index in [1.807, 2.05) is 6.92 Å².